The number of aromatic nitrogens is 4. The van der Waals surface area contributed by atoms with Crippen LogP contribution in [0.4, 0.5) is 17.5 Å². The van der Waals surface area contributed by atoms with E-state index < -0.39 is 10.0 Å². The van der Waals surface area contributed by atoms with E-state index in [0.717, 1.165) is 21.3 Å². The van der Waals surface area contributed by atoms with Gasteiger partial charge in [0.25, 0.3) is 10.0 Å². The Labute approximate surface area is 200 Å². The van der Waals surface area contributed by atoms with Crippen molar-refractivity contribution in [2.45, 2.75) is 18.7 Å². The molecule has 0 atom stereocenters. The number of thiophene rings is 1. The van der Waals surface area contributed by atoms with E-state index in [1.807, 2.05) is 0 Å². The van der Waals surface area contributed by atoms with Crippen molar-refractivity contribution < 1.29 is 8.42 Å². The lowest BCUT2D eigenvalue weighted by molar-refractivity contribution is 0.601. The fourth-order valence-electron chi connectivity index (χ4n) is 3.67. The zero-order valence-electron chi connectivity index (χ0n) is 18.4. The summed E-state index contributed by atoms with van der Waals surface area (Å²) in [6.45, 7) is 4.17. The van der Waals surface area contributed by atoms with E-state index in [1.54, 1.807) is 29.5 Å². The minimum atomic E-state index is -3.81. The summed E-state index contributed by atoms with van der Waals surface area (Å²) >= 11 is 1.56. The molecule has 2 N–H and O–H groups in total. The maximum Gasteiger partial charge on any atom is 0.264 e. The highest BCUT2D eigenvalue weighted by molar-refractivity contribution is 7.92. The number of sulfonamides is 1. The van der Waals surface area contributed by atoms with E-state index in [2.05, 4.69) is 67.4 Å². The van der Waals surface area contributed by atoms with Gasteiger partial charge in [-0.1, -0.05) is 23.8 Å². The molecule has 5 rings (SSSR count). The molecular weight excluding hydrogens is 468 g/mol. The average Bonchev–Trinajstić information content (AvgIpc) is 3.25. The maximum absolute atomic E-state index is 12.6. The van der Waals surface area contributed by atoms with Gasteiger partial charge in [-0.15, -0.1) is 11.3 Å². The van der Waals surface area contributed by atoms with Crippen LogP contribution < -0.4 is 10.0 Å². The van der Waals surface area contributed by atoms with Gasteiger partial charge < -0.3 is 5.32 Å². The number of benzene rings is 2. The summed E-state index contributed by atoms with van der Waals surface area (Å²) in [6, 6.07) is 14.4. The number of hydrogen-bond donors (Lipinski definition) is 2. The molecule has 0 unspecified atom stereocenters. The summed E-state index contributed by atoms with van der Waals surface area (Å²) in [4.78, 5) is 17.7. The van der Waals surface area contributed by atoms with Crippen molar-refractivity contribution >= 4 is 49.0 Å². The summed E-state index contributed by atoms with van der Waals surface area (Å²) in [5.41, 5.74) is 5.28. The SMILES string of the molecule is Cc1ccc(-c2csc3ncnc(Nc4ccc(S(=O)(=O)Nc5ncccn5)cc4)c23)c(C)c1. The van der Waals surface area contributed by atoms with Crippen LogP contribution in [0.5, 0.6) is 0 Å². The monoisotopic (exact) mass is 488 g/mol. The van der Waals surface area contributed by atoms with Crippen LogP contribution in [0.3, 0.4) is 0 Å². The minimum Gasteiger partial charge on any atom is -0.340 e. The zero-order chi connectivity index (χ0) is 23.7. The van der Waals surface area contributed by atoms with Crippen molar-refractivity contribution in [2.75, 3.05) is 10.0 Å². The third kappa shape index (κ3) is 4.33. The van der Waals surface area contributed by atoms with Crippen LogP contribution in [0, 0.1) is 13.8 Å². The second-order valence-corrected chi connectivity index (χ2v) is 10.2. The Balaban J connectivity index is 1.45. The normalized spacial score (nSPS) is 11.5. The maximum atomic E-state index is 12.6. The lowest BCUT2D eigenvalue weighted by Gasteiger charge is -2.11. The van der Waals surface area contributed by atoms with E-state index >= 15 is 0 Å². The molecule has 0 radical (unpaired) electrons. The van der Waals surface area contributed by atoms with Crippen molar-refractivity contribution in [1.82, 2.24) is 19.9 Å². The smallest absolute Gasteiger partial charge is 0.264 e. The number of fused-ring (bicyclic) bond motifs is 1. The number of anilines is 3. The largest absolute Gasteiger partial charge is 0.340 e. The molecule has 8 nitrogen and oxygen atoms in total. The lowest BCUT2D eigenvalue weighted by atomic mass is 9.99. The first-order valence-electron chi connectivity index (χ1n) is 10.4. The molecule has 2 aromatic carbocycles. The summed E-state index contributed by atoms with van der Waals surface area (Å²) in [5.74, 6) is 0.678. The molecule has 3 heterocycles. The third-order valence-corrected chi connectivity index (χ3v) is 7.49. The molecule has 0 amide bonds. The summed E-state index contributed by atoms with van der Waals surface area (Å²) in [5, 5.41) is 6.34. The highest BCUT2D eigenvalue weighted by Crippen LogP contribution is 2.38. The zero-order valence-corrected chi connectivity index (χ0v) is 20.0. The lowest BCUT2D eigenvalue weighted by Crippen LogP contribution is -2.14. The molecule has 5 aromatic rings. The molecule has 0 saturated carbocycles. The molecule has 170 valence electrons. The molecule has 0 bridgehead atoms. The van der Waals surface area contributed by atoms with Gasteiger partial charge in [0.05, 0.1) is 10.3 Å². The van der Waals surface area contributed by atoms with Gasteiger partial charge in [0.2, 0.25) is 5.95 Å². The second kappa shape index (κ2) is 8.81. The predicted molar refractivity (Wildman–Crippen MR) is 135 cm³/mol. The minimum absolute atomic E-state index is 0.0180. The Morgan fingerprint density at radius 2 is 1.65 bits per heavy atom. The van der Waals surface area contributed by atoms with Crippen LogP contribution in [0.15, 0.2) is 77.5 Å². The van der Waals surface area contributed by atoms with Gasteiger partial charge in [0.15, 0.2) is 0 Å². The molecule has 3 aromatic heterocycles. The Morgan fingerprint density at radius 1 is 0.882 bits per heavy atom. The van der Waals surface area contributed by atoms with Crippen molar-refractivity contribution in [2.24, 2.45) is 0 Å². The van der Waals surface area contributed by atoms with Crippen LogP contribution in [0.1, 0.15) is 11.1 Å². The van der Waals surface area contributed by atoms with Crippen LogP contribution in [0.2, 0.25) is 0 Å². The van der Waals surface area contributed by atoms with Crippen LogP contribution in [-0.2, 0) is 10.0 Å². The van der Waals surface area contributed by atoms with Crippen molar-refractivity contribution in [3.05, 3.63) is 83.8 Å². The number of nitrogens with zero attached hydrogens (tertiary/aromatic N) is 4. The Morgan fingerprint density at radius 3 is 2.38 bits per heavy atom. The summed E-state index contributed by atoms with van der Waals surface area (Å²) in [7, 11) is -3.81. The molecule has 10 heteroatoms. The molecule has 0 fully saturated rings. The highest BCUT2D eigenvalue weighted by atomic mass is 32.2. The first kappa shape index (κ1) is 21.9. The van der Waals surface area contributed by atoms with E-state index in [4.69, 9.17) is 0 Å². The molecule has 34 heavy (non-hydrogen) atoms. The number of aryl methyl sites for hydroxylation is 2. The van der Waals surface area contributed by atoms with Gasteiger partial charge in [-0.2, -0.15) is 0 Å². The molecule has 0 saturated heterocycles. The highest BCUT2D eigenvalue weighted by Gasteiger charge is 2.17. The van der Waals surface area contributed by atoms with Gasteiger partial charge in [-0.3, -0.25) is 0 Å². The Hall–Kier alpha value is -3.89. The Kier molecular flexibility index (Phi) is 5.68. The first-order chi connectivity index (χ1) is 16.4. The average molecular weight is 489 g/mol. The first-order valence-corrected chi connectivity index (χ1v) is 12.7. The van der Waals surface area contributed by atoms with Gasteiger partial charge >= 0.3 is 0 Å². The molecule has 0 aliphatic heterocycles. The fraction of sp³-hybridized carbons (Fsp3) is 0.0833. The molecule has 0 aliphatic carbocycles. The summed E-state index contributed by atoms with van der Waals surface area (Å²) < 4.78 is 27.6. The number of nitrogens with one attached hydrogen (secondary N) is 2. The molecular formula is C24H20N6O2S2. The predicted octanol–water partition coefficient (Wildman–Crippen LogP) is 5.31. The molecule has 0 aliphatic rings. The van der Waals surface area contributed by atoms with Crippen LogP contribution in [-0.4, -0.2) is 28.4 Å². The van der Waals surface area contributed by atoms with Crippen LogP contribution >= 0.6 is 11.3 Å². The Bertz CT molecular complexity index is 1580. The van der Waals surface area contributed by atoms with E-state index in [-0.39, 0.29) is 10.8 Å². The van der Waals surface area contributed by atoms with Gasteiger partial charge in [-0.25, -0.2) is 33.1 Å². The van der Waals surface area contributed by atoms with E-state index in [0.29, 0.717) is 11.5 Å². The quantitative estimate of drug-likeness (QED) is 0.333. The van der Waals surface area contributed by atoms with Gasteiger partial charge in [0, 0.05) is 29.0 Å². The van der Waals surface area contributed by atoms with Crippen molar-refractivity contribution in [1.29, 1.82) is 0 Å². The van der Waals surface area contributed by atoms with Crippen molar-refractivity contribution in [3.63, 3.8) is 0 Å². The summed E-state index contributed by atoms with van der Waals surface area (Å²) in [6.07, 6.45) is 4.46. The van der Waals surface area contributed by atoms with Gasteiger partial charge in [-0.05, 0) is 55.3 Å². The number of hydrogen-bond acceptors (Lipinski definition) is 8. The third-order valence-electron chi connectivity index (χ3n) is 5.26. The van der Waals surface area contributed by atoms with Crippen LogP contribution in [0.25, 0.3) is 21.3 Å². The van der Waals surface area contributed by atoms with Gasteiger partial charge in [0.1, 0.15) is 17.0 Å². The standard InChI is InChI=1S/C24H20N6O2S2/c1-15-4-9-19(16(2)12-15)20-13-33-23-21(20)22(27-14-28-23)29-17-5-7-18(8-6-17)34(31,32)30-24-25-10-3-11-26-24/h3-14H,1-2H3,(H,25,26,30)(H,27,28,29). The second-order valence-electron chi connectivity index (χ2n) is 7.70. The number of rotatable bonds is 6. The topological polar surface area (TPSA) is 110 Å². The fourth-order valence-corrected chi connectivity index (χ4v) is 5.53. The molecule has 0 spiro atoms. The van der Waals surface area contributed by atoms with E-state index in [9.17, 15) is 8.42 Å². The van der Waals surface area contributed by atoms with Crippen molar-refractivity contribution in [3.8, 4) is 11.1 Å². The van der Waals surface area contributed by atoms with E-state index in [1.165, 1.54) is 42.0 Å².